The smallest absolute Gasteiger partial charge is 0.342 e. The van der Waals surface area contributed by atoms with Crippen molar-refractivity contribution in [2.75, 3.05) is 10.9 Å². The molecule has 0 aliphatic heterocycles. The summed E-state index contributed by atoms with van der Waals surface area (Å²) in [6.45, 7) is 0. The first kappa shape index (κ1) is 18.0. The van der Waals surface area contributed by atoms with Crippen LogP contribution < -0.4 is 16.6 Å². The maximum atomic E-state index is 11.5. The third-order valence-corrected chi connectivity index (χ3v) is 3.85. The van der Waals surface area contributed by atoms with Crippen molar-refractivity contribution in [2.45, 2.75) is 0 Å². The van der Waals surface area contributed by atoms with E-state index in [4.69, 9.17) is 17.3 Å². The van der Waals surface area contributed by atoms with Crippen molar-refractivity contribution in [3.8, 4) is 17.1 Å². The Kier molecular flexibility index (Phi) is 4.81. The van der Waals surface area contributed by atoms with E-state index in [1.807, 2.05) is 0 Å². The predicted octanol–water partition coefficient (Wildman–Crippen LogP) is 3.18. The zero-order valence-corrected chi connectivity index (χ0v) is 14.3. The van der Waals surface area contributed by atoms with Crippen molar-refractivity contribution < 1.29 is 14.8 Å². The highest BCUT2D eigenvalue weighted by Crippen LogP contribution is 2.35. The zero-order valence-electron chi connectivity index (χ0n) is 13.6. The topological polar surface area (TPSA) is 148 Å². The van der Waals surface area contributed by atoms with E-state index in [0.29, 0.717) is 21.0 Å². The molecule has 0 bridgehead atoms. The van der Waals surface area contributed by atoms with Gasteiger partial charge in [0.2, 0.25) is 5.88 Å². The normalized spacial score (nSPS) is 10.4. The van der Waals surface area contributed by atoms with E-state index in [0.717, 1.165) is 0 Å². The Morgan fingerprint density at radius 2 is 1.78 bits per heavy atom. The van der Waals surface area contributed by atoms with Gasteiger partial charge in [-0.1, -0.05) is 11.6 Å². The van der Waals surface area contributed by atoms with Gasteiger partial charge in [-0.3, -0.25) is 15.5 Å². The number of halogens is 1. The minimum Gasteiger partial charge on any atom is -0.492 e. The molecule has 0 spiro atoms. The van der Waals surface area contributed by atoms with Crippen LogP contribution in [-0.2, 0) is 0 Å². The van der Waals surface area contributed by atoms with Gasteiger partial charge in [-0.25, -0.2) is 4.79 Å². The van der Waals surface area contributed by atoms with Crippen molar-refractivity contribution in [2.24, 2.45) is 5.73 Å². The van der Waals surface area contributed by atoms with Gasteiger partial charge in [0.15, 0.2) is 0 Å². The molecule has 0 fully saturated rings. The summed E-state index contributed by atoms with van der Waals surface area (Å²) in [6.07, 6.45) is 0. The number of carbonyl (C=O) groups excluding carboxylic acids is 1. The van der Waals surface area contributed by atoms with Crippen LogP contribution >= 0.6 is 11.6 Å². The largest absolute Gasteiger partial charge is 0.492 e. The standard InChI is InChI=1S/C16H13ClN6O4/c17-10-3-5-11(6-4-10)19-20-14-13(21-22(15(14)24)16(18)25)9-1-7-12(8-2-9)23(26)27/h1-8,19-20,24H,(H2,18,25). The molecule has 3 aromatic rings. The number of aromatic hydroxyl groups is 1. The van der Waals surface area contributed by atoms with E-state index >= 15 is 0 Å². The number of nitro benzene ring substituents is 1. The summed E-state index contributed by atoms with van der Waals surface area (Å²) in [6, 6.07) is 11.2. The highest BCUT2D eigenvalue weighted by atomic mass is 35.5. The number of nitrogens with one attached hydrogen (secondary N) is 2. The van der Waals surface area contributed by atoms with E-state index in [1.165, 1.54) is 24.3 Å². The molecular formula is C16H13ClN6O4. The molecule has 5 N–H and O–H groups in total. The fraction of sp³-hybridized carbons (Fsp3) is 0. The van der Waals surface area contributed by atoms with Crippen molar-refractivity contribution in [3.63, 3.8) is 0 Å². The second kappa shape index (κ2) is 7.22. The van der Waals surface area contributed by atoms with Gasteiger partial charge < -0.3 is 16.3 Å². The minimum atomic E-state index is -0.991. The summed E-state index contributed by atoms with van der Waals surface area (Å²) < 4.78 is 0.614. The number of hydrogen-bond donors (Lipinski definition) is 4. The number of rotatable bonds is 5. The summed E-state index contributed by atoms with van der Waals surface area (Å²) in [5.41, 5.74) is 12.0. The molecule has 0 unspecified atom stereocenters. The summed E-state index contributed by atoms with van der Waals surface area (Å²) in [5, 5.41) is 25.6. The lowest BCUT2D eigenvalue weighted by atomic mass is 10.1. The second-order valence-electron chi connectivity index (χ2n) is 5.36. The number of aromatic nitrogens is 2. The quantitative estimate of drug-likeness (QED) is 0.387. The molecule has 0 aliphatic rings. The number of anilines is 2. The SMILES string of the molecule is NC(=O)n1nc(-c2ccc([N+](=O)[O-])cc2)c(NNc2ccc(Cl)cc2)c1O. The van der Waals surface area contributed by atoms with Gasteiger partial charge in [0.1, 0.15) is 11.4 Å². The van der Waals surface area contributed by atoms with Crippen LogP contribution in [0.2, 0.25) is 5.02 Å². The van der Waals surface area contributed by atoms with Crippen LogP contribution in [0.3, 0.4) is 0 Å². The minimum absolute atomic E-state index is 0.0672. The Bertz CT molecular complexity index is 1000. The monoisotopic (exact) mass is 388 g/mol. The molecule has 27 heavy (non-hydrogen) atoms. The highest BCUT2D eigenvalue weighted by molar-refractivity contribution is 6.30. The molecule has 1 heterocycles. The summed E-state index contributed by atoms with van der Waals surface area (Å²) in [5.74, 6) is -0.516. The Morgan fingerprint density at radius 1 is 1.15 bits per heavy atom. The molecule has 3 rings (SSSR count). The third kappa shape index (κ3) is 3.75. The van der Waals surface area contributed by atoms with Crippen molar-refractivity contribution in [1.29, 1.82) is 0 Å². The lowest BCUT2D eigenvalue weighted by Gasteiger charge is -2.10. The first-order valence-corrected chi connectivity index (χ1v) is 7.89. The molecule has 0 atom stereocenters. The number of amides is 1. The summed E-state index contributed by atoms with van der Waals surface area (Å²) in [4.78, 5) is 21.7. The van der Waals surface area contributed by atoms with Crippen LogP contribution in [0.1, 0.15) is 0 Å². The Morgan fingerprint density at radius 3 is 2.33 bits per heavy atom. The van der Waals surface area contributed by atoms with Gasteiger partial charge in [-0.2, -0.15) is 5.10 Å². The molecule has 138 valence electrons. The van der Waals surface area contributed by atoms with Gasteiger partial charge in [0.25, 0.3) is 5.69 Å². The molecule has 0 radical (unpaired) electrons. The van der Waals surface area contributed by atoms with E-state index in [9.17, 15) is 20.0 Å². The van der Waals surface area contributed by atoms with Crippen LogP contribution in [0, 0.1) is 10.1 Å². The second-order valence-corrected chi connectivity index (χ2v) is 5.79. The number of nitro groups is 1. The maximum Gasteiger partial charge on any atom is 0.342 e. The average molecular weight is 389 g/mol. The number of nitrogens with zero attached hydrogens (tertiary/aromatic N) is 3. The van der Waals surface area contributed by atoms with Crippen LogP contribution in [0.25, 0.3) is 11.3 Å². The molecule has 10 nitrogen and oxygen atoms in total. The van der Waals surface area contributed by atoms with E-state index in [1.54, 1.807) is 24.3 Å². The average Bonchev–Trinajstić information content (AvgIpc) is 2.98. The fourth-order valence-electron chi connectivity index (χ4n) is 2.29. The van der Waals surface area contributed by atoms with Crippen molar-refractivity contribution in [1.82, 2.24) is 9.78 Å². The summed E-state index contributed by atoms with van der Waals surface area (Å²) >= 11 is 5.83. The molecular weight excluding hydrogens is 376 g/mol. The Hall–Kier alpha value is -3.79. The highest BCUT2D eigenvalue weighted by Gasteiger charge is 2.22. The first-order valence-electron chi connectivity index (χ1n) is 7.51. The molecule has 11 heteroatoms. The van der Waals surface area contributed by atoms with E-state index in [-0.39, 0.29) is 17.1 Å². The molecule has 1 amide bonds. The van der Waals surface area contributed by atoms with Gasteiger partial charge >= 0.3 is 6.03 Å². The first-order chi connectivity index (χ1) is 12.9. The molecule has 0 saturated carbocycles. The number of hydrazine groups is 1. The van der Waals surface area contributed by atoms with Gasteiger partial charge in [0, 0.05) is 22.7 Å². The van der Waals surface area contributed by atoms with E-state index in [2.05, 4.69) is 16.0 Å². The maximum absolute atomic E-state index is 11.5. The Balaban J connectivity index is 1.97. The lowest BCUT2D eigenvalue weighted by Crippen LogP contribution is -2.20. The number of nitrogens with two attached hydrogens (primary N) is 1. The number of hydrogen-bond acceptors (Lipinski definition) is 7. The van der Waals surface area contributed by atoms with Gasteiger partial charge in [0.05, 0.1) is 10.6 Å². The Labute approximate surface area is 157 Å². The fourth-order valence-corrected chi connectivity index (χ4v) is 2.41. The van der Waals surface area contributed by atoms with Gasteiger partial charge in [-0.15, -0.1) is 4.68 Å². The molecule has 0 saturated heterocycles. The number of primary amides is 1. The molecule has 2 aromatic carbocycles. The van der Waals surface area contributed by atoms with E-state index < -0.39 is 16.8 Å². The molecule has 1 aromatic heterocycles. The number of carbonyl (C=O) groups is 1. The predicted molar refractivity (Wildman–Crippen MR) is 99.7 cm³/mol. The van der Waals surface area contributed by atoms with Crippen LogP contribution in [-0.4, -0.2) is 25.8 Å². The molecule has 0 aliphatic carbocycles. The third-order valence-electron chi connectivity index (χ3n) is 3.60. The lowest BCUT2D eigenvalue weighted by molar-refractivity contribution is -0.384. The van der Waals surface area contributed by atoms with Crippen molar-refractivity contribution in [3.05, 3.63) is 63.7 Å². The summed E-state index contributed by atoms with van der Waals surface area (Å²) in [7, 11) is 0. The van der Waals surface area contributed by atoms with Crippen LogP contribution in [0.5, 0.6) is 5.88 Å². The van der Waals surface area contributed by atoms with Crippen LogP contribution in [0.4, 0.5) is 21.9 Å². The van der Waals surface area contributed by atoms with Gasteiger partial charge in [-0.05, 0) is 36.4 Å². The van der Waals surface area contributed by atoms with Crippen molar-refractivity contribution >= 4 is 34.7 Å². The zero-order chi connectivity index (χ0) is 19.6. The number of non-ortho nitro benzene ring substituents is 1. The number of benzene rings is 2. The van der Waals surface area contributed by atoms with Crippen LogP contribution in [0.15, 0.2) is 48.5 Å².